The van der Waals surface area contributed by atoms with Crippen molar-refractivity contribution in [3.8, 4) is 11.5 Å². The fourth-order valence-electron chi connectivity index (χ4n) is 3.33. The third-order valence-corrected chi connectivity index (χ3v) is 4.90. The van der Waals surface area contributed by atoms with Crippen molar-refractivity contribution in [2.45, 2.75) is 12.8 Å². The number of para-hydroxylation sites is 2. The predicted molar refractivity (Wildman–Crippen MR) is 107 cm³/mol. The number of esters is 1. The van der Waals surface area contributed by atoms with E-state index in [9.17, 15) is 14.9 Å². The number of benzene rings is 2. The molecule has 1 aliphatic heterocycles. The van der Waals surface area contributed by atoms with Gasteiger partial charge in [-0.2, -0.15) is 0 Å². The molecule has 29 heavy (non-hydrogen) atoms. The molecule has 0 bridgehead atoms. The summed E-state index contributed by atoms with van der Waals surface area (Å²) in [5.74, 6) is 0.983. The molecule has 0 aliphatic carbocycles. The van der Waals surface area contributed by atoms with Gasteiger partial charge in [-0.3, -0.25) is 14.9 Å². The Kier molecular flexibility index (Phi) is 6.89. The average molecular weight is 400 g/mol. The molecule has 1 fully saturated rings. The first-order chi connectivity index (χ1) is 14.1. The second kappa shape index (κ2) is 9.77. The Bertz CT molecular complexity index is 831. The van der Waals surface area contributed by atoms with Crippen LogP contribution >= 0.6 is 0 Å². The van der Waals surface area contributed by atoms with E-state index in [1.807, 2.05) is 4.90 Å². The summed E-state index contributed by atoms with van der Waals surface area (Å²) in [5.41, 5.74) is 0.682. The van der Waals surface area contributed by atoms with E-state index in [1.165, 1.54) is 6.07 Å². The van der Waals surface area contributed by atoms with Gasteiger partial charge in [-0.1, -0.05) is 12.1 Å². The van der Waals surface area contributed by atoms with Gasteiger partial charge in [0.15, 0.2) is 0 Å². The Morgan fingerprint density at radius 3 is 2.38 bits per heavy atom. The normalized spacial score (nSPS) is 14.3. The summed E-state index contributed by atoms with van der Waals surface area (Å²) < 4.78 is 16.0. The van der Waals surface area contributed by atoms with Crippen LogP contribution in [0.1, 0.15) is 12.8 Å². The minimum absolute atomic E-state index is 0.0872. The number of anilines is 1. The summed E-state index contributed by atoms with van der Waals surface area (Å²) in [4.78, 5) is 25.1. The molecular weight excluding hydrogens is 376 g/mol. The fraction of sp³-hybridized carbons (Fsp3) is 0.381. The maximum atomic E-state index is 12.3. The predicted octanol–water partition coefficient (Wildman–Crippen LogP) is 3.44. The number of nitro groups is 1. The van der Waals surface area contributed by atoms with Crippen LogP contribution in [0.15, 0.2) is 48.5 Å². The van der Waals surface area contributed by atoms with Crippen LogP contribution in [0.2, 0.25) is 0 Å². The maximum Gasteiger partial charge on any atom is 0.309 e. The van der Waals surface area contributed by atoms with Crippen LogP contribution in [-0.2, 0) is 9.53 Å². The smallest absolute Gasteiger partial charge is 0.309 e. The van der Waals surface area contributed by atoms with Crippen molar-refractivity contribution in [3.63, 3.8) is 0 Å². The van der Waals surface area contributed by atoms with E-state index in [-0.39, 0.29) is 35.7 Å². The molecule has 1 saturated heterocycles. The summed E-state index contributed by atoms with van der Waals surface area (Å²) in [6, 6.07) is 13.9. The molecule has 3 rings (SSSR count). The van der Waals surface area contributed by atoms with E-state index in [4.69, 9.17) is 14.2 Å². The van der Waals surface area contributed by atoms with Gasteiger partial charge in [-0.25, -0.2) is 0 Å². The summed E-state index contributed by atoms with van der Waals surface area (Å²) in [5, 5.41) is 11.2. The molecule has 1 aliphatic rings. The van der Waals surface area contributed by atoms with E-state index in [0.717, 1.165) is 5.75 Å². The molecule has 8 heteroatoms. The summed E-state index contributed by atoms with van der Waals surface area (Å²) in [7, 11) is 1.60. The molecule has 0 amide bonds. The number of ether oxygens (including phenoxy) is 3. The van der Waals surface area contributed by atoms with Gasteiger partial charge in [-0.15, -0.1) is 0 Å². The highest BCUT2D eigenvalue weighted by Gasteiger charge is 2.28. The quantitative estimate of drug-likeness (QED) is 0.290. The molecule has 0 saturated carbocycles. The third-order valence-electron chi connectivity index (χ3n) is 4.90. The van der Waals surface area contributed by atoms with E-state index < -0.39 is 0 Å². The molecule has 154 valence electrons. The Morgan fingerprint density at radius 2 is 1.72 bits per heavy atom. The lowest BCUT2D eigenvalue weighted by Gasteiger charge is -2.32. The minimum Gasteiger partial charge on any atom is -0.497 e. The molecule has 8 nitrogen and oxygen atoms in total. The van der Waals surface area contributed by atoms with Gasteiger partial charge in [0.25, 0.3) is 5.69 Å². The van der Waals surface area contributed by atoms with E-state index in [1.54, 1.807) is 49.6 Å². The van der Waals surface area contributed by atoms with Crippen molar-refractivity contribution in [2.24, 2.45) is 5.92 Å². The van der Waals surface area contributed by atoms with Crippen molar-refractivity contribution in [3.05, 3.63) is 58.6 Å². The van der Waals surface area contributed by atoms with Crippen LogP contribution in [-0.4, -0.2) is 44.3 Å². The average Bonchev–Trinajstić information content (AvgIpc) is 2.77. The van der Waals surface area contributed by atoms with Crippen LogP contribution in [0.5, 0.6) is 11.5 Å². The van der Waals surface area contributed by atoms with Crippen molar-refractivity contribution < 1.29 is 23.9 Å². The molecule has 2 aromatic rings. The van der Waals surface area contributed by atoms with Gasteiger partial charge in [-0.05, 0) is 43.2 Å². The van der Waals surface area contributed by atoms with Gasteiger partial charge in [0.05, 0.1) is 18.0 Å². The number of methoxy groups -OCH3 is 1. The topological polar surface area (TPSA) is 91.1 Å². The van der Waals surface area contributed by atoms with Crippen molar-refractivity contribution in [1.29, 1.82) is 0 Å². The minimum atomic E-state index is -0.376. The van der Waals surface area contributed by atoms with Crippen LogP contribution in [0.3, 0.4) is 0 Å². The molecule has 2 aromatic carbocycles. The first-order valence-electron chi connectivity index (χ1n) is 9.50. The number of rotatable bonds is 8. The molecule has 0 N–H and O–H groups in total. The van der Waals surface area contributed by atoms with E-state index in [0.29, 0.717) is 37.4 Å². The van der Waals surface area contributed by atoms with Crippen molar-refractivity contribution in [2.75, 3.05) is 38.3 Å². The fourth-order valence-corrected chi connectivity index (χ4v) is 3.33. The van der Waals surface area contributed by atoms with Gasteiger partial charge in [0.1, 0.15) is 30.4 Å². The summed E-state index contributed by atoms with van der Waals surface area (Å²) >= 11 is 0. The summed E-state index contributed by atoms with van der Waals surface area (Å²) in [6.45, 7) is 1.60. The van der Waals surface area contributed by atoms with Gasteiger partial charge >= 0.3 is 5.97 Å². The van der Waals surface area contributed by atoms with Crippen LogP contribution in [0.4, 0.5) is 11.4 Å². The SMILES string of the molecule is COc1ccc(OCCOC(=O)C2CCN(c3ccccc3[N+](=O)[O-])CC2)cc1. The number of carbonyl (C=O) groups excluding carboxylic acids is 1. The van der Waals surface area contributed by atoms with Gasteiger partial charge in [0.2, 0.25) is 0 Å². The zero-order valence-electron chi connectivity index (χ0n) is 16.3. The lowest BCUT2D eigenvalue weighted by molar-refractivity contribution is -0.384. The first-order valence-corrected chi connectivity index (χ1v) is 9.50. The molecular formula is C21H24N2O6. The second-order valence-electron chi connectivity index (χ2n) is 6.70. The second-order valence-corrected chi connectivity index (χ2v) is 6.70. The molecule has 1 heterocycles. The zero-order chi connectivity index (χ0) is 20.6. The highest BCUT2D eigenvalue weighted by molar-refractivity contribution is 5.73. The number of carbonyl (C=O) groups is 1. The van der Waals surface area contributed by atoms with Crippen molar-refractivity contribution >= 4 is 17.3 Å². The molecule has 0 spiro atoms. The van der Waals surface area contributed by atoms with Crippen LogP contribution in [0.25, 0.3) is 0 Å². The van der Waals surface area contributed by atoms with Gasteiger partial charge in [0, 0.05) is 19.2 Å². The lowest BCUT2D eigenvalue weighted by Crippen LogP contribution is -2.37. The highest BCUT2D eigenvalue weighted by atomic mass is 16.6. The van der Waals surface area contributed by atoms with Gasteiger partial charge < -0.3 is 19.1 Å². The van der Waals surface area contributed by atoms with Crippen molar-refractivity contribution in [1.82, 2.24) is 0 Å². The molecule has 0 unspecified atom stereocenters. The molecule has 0 radical (unpaired) electrons. The lowest BCUT2D eigenvalue weighted by atomic mass is 9.96. The molecule has 0 atom stereocenters. The number of nitro benzene ring substituents is 1. The summed E-state index contributed by atoms with van der Waals surface area (Å²) in [6.07, 6.45) is 1.20. The Morgan fingerprint density at radius 1 is 1.07 bits per heavy atom. The molecule has 0 aromatic heterocycles. The Labute approximate surface area is 169 Å². The largest absolute Gasteiger partial charge is 0.497 e. The Balaban J connectivity index is 1.41. The first kappa shape index (κ1) is 20.4. The number of piperidine rings is 1. The third kappa shape index (κ3) is 5.37. The Hall–Kier alpha value is -3.29. The van der Waals surface area contributed by atoms with Crippen LogP contribution in [0, 0.1) is 16.0 Å². The van der Waals surface area contributed by atoms with Crippen LogP contribution < -0.4 is 14.4 Å². The standard InChI is InChI=1S/C21H24N2O6/c1-27-17-6-8-18(9-7-17)28-14-15-29-21(24)16-10-12-22(13-11-16)19-4-2-3-5-20(19)23(25)26/h2-9,16H,10-15H2,1H3. The highest BCUT2D eigenvalue weighted by Crippen LogP contribution is 2.31. The number of nitrogens with zero attached hydrogens (tertiary/aromatic N) is 2. The van der Waals surface area contributed by atoms with E-state index >= 15 is 0 Å². The maximum absolute atomic E-state index is 12.3. The monoisotopic (exact) mass is 400 g/mol. The zero-order valence-corrected chi connectivity index (χ0v) is 16.3. The number of hydrogen-bond donors (Lipinski definition) is 0. The number of hydrogen-bond acceptors (Lipinski definition) is 7. The van der Waals surface area contributed by atoms with E-state index in [2.05, 4.69) is 0 Å².